The summed E-state index contributed by atoms with van der Waals surface area (Å²) in [4.78, 5) is 30.5. The van der Waals surface area contributed by atoms with E-state index < -0.39 is 0 Å². The fourth-order valence-corrected chi connectivity index (χ4v) is 3.24. The van der Waals surface area contributed by atoms with E-state index >= 15 is 0 Å². The standard InChI is InChI=1S/C16H21N5O3/c1-9-14(18-10(2)24-9)16(23)19-11-5-6-13(22)20(3)15(11)12-7-8-17-21(12)4/h7-8,11,15H,5-6H2,1-4H3,(H,19,23)/t11-,15-/m1/s1. The molecule has 0 aromatic carbocycles. The van der Waals surface area contributed by atoms with E-state index in [0.717, 1.165) is 5.69 Å². The van der Waals surface area contributed by atoms with Gasteiger partial charge in [0.15, 0.2) is 11.6 Å². The minimum Gasteiger partial charge on any atom is -0.445 e. The van der Waals surface area contributed by atoms with E-state index in [2.05, 4.69) is 15.4 Å². The summed E-state index contributed by atoms with van der Waals surface area (Å²) in [7, 11) is 3.58. The Balaban J connectivity index is 1.87. The molecule has 3 rings (SSSR count). The molecule has 1 N–H and O–H groups in total. The van der Waals surface area contributed by atoms with Crippen LogP contribution in [0.1, 0.15) is 46.7 Å². The van der Waals surface area contributed by atoms with Crippen molar-refractivity contribution >= 4 is 11.8 Å². The van der Waals surface area contributed by atoms with Gasteiger partial charge in [0.1, 0.15) is 5.76 Å². The highest BCUT2D eigenvalue weighted by Crippen LogP contribution is 2.30. The summed E-state index contributed by atoms with van der Waals surface area (Å²) in [6.45, 7) is 3.42. The Labute approximate surface area is 139 Å². The van der Waals surface area contributed by atoms with Crippen molar-refractivity contribution in [1.29, 1.82) is 0 Å². The summed E-state index contributed by atoms with van der Waals surface area (Å²) in [5.41, 5.74) is 1.17. The maximum Gasteiger partial charge on any atom is 0.273 e. The van der Waals surface area contributed by atoms with Gasteiger partial charge in [-0.2, -0.15) is 5.10 Å². The lowest BCUT2D eigenvalue weighted by molar-refractivity contribution is -0.136. The lowest BCUT2D eigenvalue weighted by atomic mass is 9.93. The highest BCUT2D eigenvalue weighted by molar-refractivity contribution is 5.93. The summed E-state index contributed by atoms with van der Waals surface area (Å²) in [6, 6.07) is 1.38. The molecular formula is C16H21N5O3. The van der Waals surface area contributed by atoms with E-state index in [1.807, 2.05) is 13.1 Å². The smallest absolute Gasteiger partial charge is 0.273 e. The first kappa shape index (κ1) is 16.2. The average Bonchev–Trinajstić information content (AvgIpc) is 3.09. The maximum absolute atomic E-state index is 12.6. The predicted molar refractivity (Wildman–Crippen MR) is 85.2 cm³/mol. The van der Waals surface area contributed by atoms with Gasteiger partial charge >= 0.3 is 0 Å². The first-order valence-corrected chi connectivity index (χ1v) is 7.87. The fraction of sp³-hybridized carbons (Fsp3) is 0.500. The molecule has 2 amide bonds. The van der Waals surface area contributed by atoms with Crippen LogP contribution in [-0.4, -0.2) is 44.6 Å². The number of aromatic nitrogens is 3. The molecule has 3 heterocycles. The van der Waals surface area contributed by atoms with Crippen LogP contribution < -0.4 is 5.32 Å². The average molecular weight is 331 g/mol. The lowest BCUT2D eigenvalue weighted by Crippen LogP contribution is -2.51. The second-order valence-electron chi connectivity index (χ2n) is 6.09. The zero-order valence-electron chi connectivity index (χ0n) is 14.2. The molecule has 128 valence electrons. The third-order valence-electron chi connectivity index (χ3n) is 4.46. The SMILES string of the molecule is Cc1nc(C(=O)N[C@@H]2CCC(=O)N(C)[C@H]2c2ccnn2C)c(C)o1. The van der Waals surface area contributed by atoms with Crippen LogP contribution in [0.2, 0.25) is 0 Å². The summed E-state index contributed by atoms with van der Waals surface area (Å²) < 4.78 is 7.06. The molecule has 8 heteroatoms. The lowest BCUT2D eigenvalue weighted by Gasteiger charge is -2.39. The number of carbonyl (C=O) groups excluding carboxylic acids is 2. The molecule has 0 radical (unpaired) electrons. The Morgan fingerprint density at radius 3 is 2.71 bits per heavy atom. The summed E-state index contributed by atoms with van der Waals surface area (Å²) in [5, 5.41) is 7.19. The van der Waals surface area contributed by atoms with Gasteiger partial charge in [-0.3, -0.25) is 14.3 Å². The quantitative estimate of drug-likeness (QED) is 0.909. The number of hydrogen-bond acceptors (Lipinski definition) is 5. The molecule has 8 nitrogen and oxygen atoms in total. The van der Waals surface area contributed by atoms with Gasteiger partial charge in [-0.15, -0.1) is 0 Å². The molecule has 2 aromatic heterocycles. The molecule has 24 heavy (non-hydrogen) atoms. The van der Waals surface area contributed by atoms with Crippen molar-refractivity contribution in [3.8, 4) is 0 Å². The number of nitrogens with one attached hydrogen (secondary N) is 1. The fourth-order valence-electron chi connectivity index (χ4n) is 3.24. The van der Waals surface area contributed by atoms with Crippen LogP contribution in [0.4, 0.5) is 0 Å². The number of likely N-dealkylation sites (tertiary alicyclic amines) is 1. The monoisotopic (exact) mass is 331 g/mol. The molecule has 0 saturated carbocycles. The van der Waals surface area contributed by atoms with Crippen molar-refractivity contribution in [2.24, 2.45) is 7.05 Å². The third-order valence-corrected chi connectivity index (χ3v) is 4.46. The number of likely N-dealkylation sites (N-methyl/N-ethyl adjacent to an activating group) is 1. The molecule has 2 atom stereocenters. The van der Waals surface area contributed by atoms with E-state index in [-0.39, 0.29) is 29.6 Å². The Morgan fingerprint density at radius 1 is 1.38 bits per heavy atom. The number of aryl methyl sites for hydroxylation is 3. The largest absolute Gasteiger partial charge is 0.445 e. The second kappa shape index (κ2) is 6.10. The van der Waals surface area contributed by atoms with Gasteiger partial charge < -0.3 is 14.6 Å². The van der Waals surface area contributed by atoms with Gasteiger partial charge in [0, 0.05) is 33.6 Å². The minimum atomic E-state index is -0.288. The van der Waals surface area contributed by atoms with E-state index in [1.165, 1.54) is 0 Å². The normalized spacial score (nSPS) is 21.2. The number of oxazole rings is 1. The van der Waals surface area contributed by atoms with E-state index in [1.54, 1.807) is 36.7 Å². The minimum absolute atomic E-state index is 0.0557. The summed E-state index contributed by atoms with van der Waals surface area (Å²) in [5.74, 6) is 0.712. The molecule has 2 aromatic rings. The van der Waals surface area contributed by atoms with Crippen LogP contribution in [0, 0.1) is 13.8 Å². The summed E-state index contributed by atoms with van der Waals surface area (Å²) in [6.07, 6.45) is 2.65. The molecule has 1 fully saturated rings. The van der Waals surface area contributed by atoms with Gasteiger partial charge in [-0.1, -0.05) is 0 Å². The molecule has 0 spiro atoms. The molecular weight excluding hydrogens is 310 g/mol. The molecule has 0 bridgehead atoms. The van der Waals surface area contributed by atoms with Crippen molar-refractivity contribution in [2.75, 3.05) is 7.05 Å². The first-order chi connectivity index (χ1) is 11.4. The molecule has 1 aliphatic rings. The Morgan fingerprint density at radius 2 is 2.12 bits per heavy atom. The first-order valence-electron chi connectivity index (χ1n) is 7.87. The molecule has 1 aliphatic heterocycles. The van der Waals surface area contributed by atoms with Crippen molar-refractivity contribution in [3.05, 3.63) is 35.3 Å². The van der Waals surface area contributed by atoms with Crippen molar-refractivity contribution in [3.63, 3.8) is 0 Å². The zero-order valence-corrected chi connectivity index (χ0v) is 14.2. The van der Waals surface area contributed by atoms with Crippen molar-refractivity contribution in [2.45, 2.75) is 38.8 Å². The van der Waals surface area contributed by atoms with Crippen LogP contribution >= 0.6 is 0 Å². The van der Waals surface area contributed by atoms with E-state index in [9.17, 15) is 9.59 Å². The number of carbonyl (C=O) groups is 2. The molecule has 0 unspecified atom stereocenters. The Bertz CT molecular complexity index is 779. The topological polar surface area (TPSA) is 93.3 Å². The molecule has 0 aliphatic carbocycles. The third kappa shape index (κ3) is 2.79. The van der Waals surface area contributed by atoms with Gasteiger partial charge in [-0.25, -0.2) is 4.98 Å². The van der Waals surface area contributed by atoms with Crippen LogP contribution in [-0.2, 0) is 11.8 Å². The predicted octanol–water partition coefficient (Wildman–Crippen LogP) is 1.12. The van der Waals surface area contributed by atoms with Crippen molar-refractivity contribution < 1.29 is 14.0 Å². The van der Waals surface area contributed by atoms with Gasteiger partial charge in [-0.05, 0) is 19.4 Å². The van der Waals surface area contributed by atoms with Gasteiger partial charge in [0.2, 0.25) is 5.91 Å². The van der Waals surface area contributed by atoms with E-state index in [0.29, 0.717) is 24.5 Å². The van der Waals surface area contributed by atoms with Crippen LogP contribution in [0.15, 0.2) is 16.7 Å². The number of piperidine rings is 1. The molecule has 1 saturated heterocycles. The van der Waals surface area contributed by atoms with Crippen LogP contribution in [0.5, 0.6) is 0 Å². The number of rotatable bonds is 3. The second-order valence-corrected chi connectivity index (χ2v) is 6.09. The van der Waals surface area contributed by atoms with Gasteiger partial charge in [0.25, 0.3) is 5.91 Å². The van der Waals surface area contributed by atoms with E-state index in [4.69, 9.17) is 4.42 Å². The Kier molecular flexibility index (Phi) is 4.13. The number of nitrogens with zero attached hydrogens (tertiary/aromatic N) is 4. The number of amides is 2. The maximum atomic E-state index is 12.6. The summed E-state index contributed by atoms with van der Waals surface area (Å²) >= 11 is 0. The number of hydrogen-bond donors (Lipinski definition) is 1. The van der Waals surface area contributed by atoms with Crippen LogP contribution in [0.25, 0.3) is 0 Å². The van der Waals surface area contributed by atoms with Crippen LogP contribution in [0.3, 0.4) is 0 Å². The Hall–Kier alpha value is -2.64. The highest BCUT2D eigenvalue weighted by atomic mass is 16.4. The zero-order chi connectivity index (χ0) is 17.4. The van der Waals surface area contributed by atoms with Crippen molar-refractivity contribution in [1.82, 2.24) is 25.0 Å². The highest BCUT2D eigenvalue weighted by Gasteiger charge is 2.37. The van der Waals surface area contributed by atoms with Gasteiger partial charge in [0.05, 0.1) is 17.8 Å².